The Bertz CT molecular complexity index is 792. The number of halogens is 3. The van der Waals surface area contributed by atoms with Gasteiger partial charge in [0.1, 0.15) is 5.82 Å². The molecule has 1 aliphatic rings. The van der Waals surface area contributed by atoms with Gasteiger partial charge >= 0.3 is 0 Å². The first-order valence-electron chi connectivity index (χ1n) is 8.24. The first-order chi connectivity index (χ1) is 12.3. The maximum Gasteiger partial charge on any atom is 0.174 e. The summed E-state index contributed by atoms with van der Waals surface area (Å²) in [6.07, 6.45) is 0. The standard InChI is InChI=1S/C18H19Cl3N4S/c1-11-7-12(2)22-16(8-11)23-18(26)25-5-3-24(4-6-25)13-9-14(19)17(21)15(20)10-13/h7-10H,3-6H2,1-2H3,(H,22,23,26). The molecular weight excluding hydrogens is 411 g/mol. The second-order valence-corrected chi connectivity index (χ2v) is 7.88. The second kappa shape index (κ2) is 8.17. The van der Waals surface area contributed by atoms with E-state index in [2.05, 4.69) is 20.1 Å². The smallest absolute Gasteiger partial charge is 0.174 e. The average molecular weight is 430 g/mol. The lowest BCUT2D eigenvalue weighted by atomic mass is 10.2. The van der Waals surface area contributed by atoms with Crippen LogP contribution in [0.5, 0.6) is 0 Å². The highest BCUT2D eigenvalue weighted by atomic mass is 35.5. The molecule has 138 valence electrons. The topological polar surface area (TPSA) is 31.4 Å². The van der Waals surface area contributed by atoms with Crippen LogP contribution in [0.1, 0.15) is 11.3 Å². The lowest BCUT2D eigenvalue weighted by Crippen LogP contribution is -2.50. The maximum absolute atomic E-state index is 6.14. The first-order valence-corrected chi connectivity index (χ1v) is 9.78. The Kier molecular flexibility index (Phi) is 6.13. The summed E-state index contributed by atoms with van der Waals surface area (Å²) in [7, 11) is 0. The van der Waals surface area contributed by atoms with Crippen LogP contribution < -0.4 is 10.2 Å². The normalized spacial score (nSPS) is 14.5. The van der Waals surface area contributed by atoms with Gasteiger partial charge in [-0.2, -0.15) is 0 Å². The molecule has 1 aromatic heterocycles. The van der Waals surface area contributed by atoms with Gasteiger partial charge in [0, 0.05) is 37.6 Å². The Morgan fingerprint density at radius 2 is 1.62 bits per heavy atom. The van der Waals surface area contributed by atoms with Crippen molar-refractivity contribution in [2.75, 3.05) is 36.4 Å². The van der Waals surface area contributed by atoms with Gasteiger partial charge in [0.25, 0.3) is 0 Å². The molecule has 2 aromatic rings. The summed E-state index contributed by atoms with van der Waals surface area (Å²) in [4.78, 5) is 8.85. The van der Waals surface area contributed by atoms with Gasteiger partial charge in [0.15, 0.2) is 5.11 Å². The maximum atomic E-state index is 6.14. The number of nitrogens with one attached hydrogen (secondary N) is 1. The number of thiocarbonyl (C=S) groups is 1. The molecule has 0 atom stereocenters. The molecule has 0 unspecified atom stereocenters. The van der Waals surface area contributed by atoms with E-state index in [9.17, 15) is 0 Å². The summed E-state index contributed by atoms with van der Waals surface area (Å²) in [5, 5.41) is 5.26. The van der Waals surface area contributed by atoms with Gasteiger partial charge in [-0.3, -0.25) is 0 Å². The molecule has 2 heterocycles. The molecule has 1 saturated heterocycles. The van der Waals surface area contributed by atoms with E-state index >= 15 is 0 Å². The molecule has 0 amide bonds. The van der Waals surface area contributed by atoms with Gasteiger partial charge in [-0.05, 0) is 55.9 Å². The number of rotatable bonds is 2. The third-order valence-electron chi connectivity index (χ3n) is 4.23. The Morgan fingerprint density at radius 3 is 2.19 bits per heavy atom. The van der Waals surface area contributed by atoms with Crippen LogP contribution in [-0.4, -0.2) is 41.2 Å². The molecule has 0 spiro atoms. The number of hydrogen-bond donors (Lipinski definition) is 1. The Morgan fingerprint density at radius 1 is 1.00 bits per heavy atom. The highest BCUT2D eigenvalue weighted by molar-refractivity contribution is 7.80. The number of piperazine rings is 1. The van der Waals surface area contributed by atoms with Crippen LogP contribution >= 0.6 is 47.0 Å². The fraction of sp³-hybridized carbons (Fsp3) is 0.333. The summed E-state index contributed by atoms with van der Waals surface area (Å²) in [5.74, 6) is 0.784. The van der Waals surface area contributed by atoms with Crippen molar-refractivity contribution in [1.82, 2.24) is 9.88 Å². The monoisotopic (exact) mass is 428 g/mol. The number of anilines is 2. The minimum absolute atomic E-state index is 0.391. The minimum atomic E-state index is 0.391. The third-order valence-corrected chi connectivity index (χ3v) is 5.79. The lowest BCUT2D eigenvalue weighted by Gasteiger charge is -2.37. The predicted octanol–water partition coefficient (Wildman–Crippen LogP) is 5.18. The molecule has 1 fully saturated rings. The molecule has 8 heteroatoms. The van der Waals surface area contributed by atoms with E-state index in [0.29, 0.717) is 20.2 Å². The van der Waals surface area contributed by atoms with Crippen molar-refractivity contribution in [3.8, 4) is 0 Å². The number of nitrogens with zero attached hydrogens (tertiary/aromatic N) is 3. The molecular formula is C18H19Cl3N4S. The van der Waals surface area contributed by atoms with Gasteiger partial charge in [0.05, 0.1) is 15.1 Å². The molecule has 0 bridgehead atoms. The first kappa shape index (κ1) is 19.5. The van der Waals surface area contributed by atoms with E-state index in [1.54, 1.807) is 0 Å². The van der Waals surface area contributed by atoms with Gasteiger partial charge in [-0.15, -0.1) is 0 Å². The van der Waals surface area contributed by atoms with Crippen LogP contribution in [0.25, 0.3) is 0 Å². The number of aryl methyl sites for hydroxylation is 2. The Hall–Kier alpha value is -1.27. The lowest BCUT2D eigenvalue weighted by molar-refractivity contribution is 0.391. The van der Waals surface area contributed by atoms with Crippen LogP contribution in [0.2, 0.25) is 15.1 Å². The fourth-order valence-corrected chi connectivity index (χ4v) is 3.86. The molecule has 0 aliphatic carbocycles. The highest BCUT2D eigenvalue weighted by Crippen LogP contribution is 2.34. The van der Waals surface area contributed by atoms with Crippen molar-refractivity contribution in [3.63, 3.8) is 0 Å². The molecule has 3 rings (SSSR count). The Labute approximate surface area is 174 Å². The number of benzene rings is 1. The van der Waals surface area contributed by atoms with E-state index in [1.807, 2.05) is 38.1 Å². The van der Waals surface area contributed by atoms with Crippen molar-refractivity contribution in [1.29, 1.82) is 0 Å². The van der Waals surface area contributed by atoms with Crippen molar-refractivity contribution >= 4 is 63.6 Å². The second-order valence-electron chi connectivity index (χ2n) is 6.30. The zero-order valence-corrected chi connectivity index (χ0v) is 17.6. The molecule has 1 N–H and O–H groups in total. The molecule has 1 aliphatic heterocycles. The summed E-state index contributed by atoms with van der Waals surface area (Å²) in [6, 6.07) is 7.73. The van der Waals surface area contributed by atoms with E-state index in [4.69, 9.17) is 47.0 Å². The van der Waals surface area contributed by atoms with Crippen LogP contribution in [-0.2, 0) is 0 Å². The van der Waals surface area contributed by atoms with Crippen LogP contribution in [0, 0.1) is 13.8 Å². The van der Waals surface area contributed by atoms with Gasteiger partial charge in [-0.1, -0.05) is 34.8 Å². The van der Waals surface area contributed by atoms with Gasteiger partial charge < -0.3 is 15.1 Å². The number of hydrogen-bond acceptors (Lipinski definition) is 3. The molecule has 0 saturated carbocycles. The fourth-order valence-electron chi connectivity index (χ4n) is 2.99. The minimum Gasteiger partial charge on any atom is -0.368 e. The molecule has 0 radical (unpaired) electrons. The highest BCUT2D eigenvalue weighted by Gasteiger charge is 2.21. The quantitative estimate of drug-likeness (QED) is 0.525. The van der Waals surface area contributed by atoms with Crippen LogP contribution in [0.15, 0.2) is 24.3 Å². The van der Waals surface area contributed by atoms with Crippen molar-refractivity contribution < 1.29 is 0 Å². The van der Waals surface area contributed by atoms with E-state index < -0.39 is 0 Å². The molecule has 4 nitrogen and oxygen atoms in total. The molecule has 26 heavy (non-hydrogen) atoms. The third kappa shape index (κ3) is 4.52. The van der Waals surface area contributed by atoms with Crippen LogP contribution in [0.3, 0.4) is 0 Å². The Balaban J connectivity index is 1.62. The summed E-state index contributed by atoms with van der Waals surface area (Å²) in [5.41, 5.74) is 3.10. The summed E-state index contributed by atoms with van der Waals surface area (Å²) in [6.45, 7) is 7.25. The number of pyridine rings is 1. The van der Waals surface area contributed by atoms with Crippen molar-refractivity contribution in [2.45, 2.75) is 13.8 Å². The van der Waals surface area contributed by atoms with Gasteiger partial charge in [0.2, 0.25) is 0 Å². The zero-order valence-electron chi connectivity index (χ0n) is 14.5. The van der Waals surface area contributed by atoms with Crippen LogP contribution in [0.4, 0.5) is 11.5 Å². The molecule has 1 aromatic carbocycles. The zero-order chi connectivity index (χ0) is 18.8. The largest absolute Gasteiger partial charge is 0.368 e. The van der Waals surface area contributed by atoms with Crippen molar-refractivity contribution in [2.24, 2.45) is 0 Å². The summed E-state index contributed by atoms with van der Waals surface area (Å²) >= 11 is 23.9. The van der Waals surface area contributed by atoms with Gasteiger partial charge in [-0.25, -0.2) is 4.98 Å². The van der Waals surface area contributed by atoms with E-state index in [-0.39, 0.29) is 0 Å². The van der Waals surface area contributed by atoms with Crippen molar-refractivity contribution in [3.05, 3.63) is 50.6 Å². The van der Waals surface area contributed by atoms with E-state index in [0.717, 1.165) is 48.9 Å². The average Bonchev–Trinajstić information content (AvgIpc) is 2.58. The summed E-state index contributed by atoms with van der Waals surface area (Å²) < 4.78 is 0. The SMILES string of the molecule is Cc1cc(C)nc(NC(=S)N2CCN(c3cc(Cl)c(Cl)c(Cl)c3)CC2)c1. The number of aromatic nitrogens is 1. The predicted molar refractivity (Wildman–Crippen MR) is 115 cm³/mol. The van der Waals surface area contributed by atoms with E-state index in [1.165, 1.54) is 0 Å².